The van der Waals surface area contributed by atoms with Crippen LogP contribution in [0.15, 0.2) is 23.6 Å². The van der Waals surface area contributed by atoms with Gasteiger partial charge < -0.3 is 15.4 Å². The van der Waals surface area contributed by atoms with Crippen LogP contribution in [0.2, 0.25) is 0 Å². The molecule has 5 heteroatoms. The van der Waals surface area contributed by atoms with E-state index in [0.717, 1.165) is 5.70 Å². The highest BCUT2D eigenvalue weighted by Gasteiger charge is 2.26. The lowest BCUT2D eigenvalue weighted by Gasteiger charge is -2.14. The molecule has 1 atom stereocenters. The second-order valence-electron chi connectivity index (χ2n) is 4.80. The van der Waals surface area contributed by atoms with Gasteiger partial charge in [-0.2, -0.15) is 0 Å². The van der Waals surface area contributed by atoms with Gasteiger partial charge in [-0.15, -0.1) is 0 Å². The van der Waals surface area contributed by atoms with Crippen LogP contribution in [0.1, 0.15) is 26.7 Å². The molecule has 2 N–H and O–H groups in total. The zero-order chi connectivity index (χ0) is 13.1. The van der Waals surface area contributed by atoms with E-state index in [9.17, 15) is 9.59 Å². The Hall–Kier alpha value is -1.78. The smallest absolute Gasteiger partial charge is 0.222 e. The van der Waals surface area contributed by atoms with Gasteiger partial charge in [-0.3, -0.25) is 9.59 Å². The van der Waals surface area contributed by atoms with Crippen molar-refractivity contribution in [1.82, 2.24) is 10.6 Å². The summed E-state index contributed by atoms with van der Waals surface area (Å²) >= 11 is 0. The molecule has 0 aromatic carbocycles. The second-order valence-corrected chi connectivity index (χ2v) is 4.80. The maximum Gasteiger partial charge on any atom is 0.222 e. The fourth-order valence-electron chi connectivity index (χ4n) is 1.85. The van der Waals surface area contributed by atoms with E-state index >= 15 is 0 Å². The first kappa shape index (κ1) is 12.7. The molecule has 2 rings (SSSR count). The summed E-state index contributed by atoms with van der Waals surface area (Å²) in [4.78, 5) is 22.6. The largest absolute Gasteiger partial charge is 0.472 e. The number of nitrogens with one attached hydrogen (secondary N) is 2. The Morgan fingerprint density at radius 2 is 2.33 bits per heavy atom. The van der Waals surface area contributed by atoms with E-state index in [1.807, 2.05) is 13.8 Å². The third-order valence-electron chi connectivity index (χ3n) is 2.90. The topological polar surface area (TPSA) is 67.4 Å². The lowest BCUT2D eigenvalue weighted by atomic mass is 10.1. The van der Waals surface area contributed by atoms with Crippen molar-refractivity contribution in [2.45, 2.75) is 32.9 Å². The summed E-state index contributed by atoms with van der Waals surface area (Å²) in [5.41, 5.74) is 0.884. The minimum Gasteiger partial charge on any atom is -0.472 e. The average Bonchev–Trinajstić information content (AvgIpc) is 2.70. The third kappa shape index (κ3) is 2.91. The van der Waals surface area contributed by atoms with Crippen LogP contribution in [0.3, 0.4) is 0 Å². The van der Waals surface area contributed by atoms with Crippen LogP contribution < -0.4 is 10.6 Å². The highest BCUT2D eigenvalue weighted by Crippen LogP contribution is 2.24. The molecule has 0 bridgehead atoms. The van der Waals surface area contributed by atoms with Gasteiger partial charge in [-0.05, 0) is 12.2 Å². The maximum absolute atomic E-state index is 11.4. The van der Waals surface area contributed by atoms with Gasteiger partial charge in [0.1, 0.15) is 5.76 Å². The van der Waals surface area contributed by atoms with E-state index in [2.05, 4.69) is 10.6 Å². The monoisotopic (exact) mass is 250 g/mol. The SMILES string of the molecule is CC(C)C(=O)NCCC1NC2=C(CC(=O)C=C2)O1. The van der Waals surface area contributed by atoms with Crippen molar-refractivity contribution in [3.63, 3.8) is 0 Å². The average molecular weight is 250 g/mol. The van der Waals surface area contributed by atoms with E-state index < -0.39 is 0 Å². The number of carbonyl (C=O) groups excluding carboxylic acids is 2. The number of ether oxygens (including phenoxy) is 1. The number of ketones is 1. The van der Waals surface area contributed by atoms with Crippen LogP contribution in [-0.4, -0.2) is 24.5 Å². The normalized spacial score (nSPS) is 21.7. The quantitative estimate of drug-likeness (QED) is 0.775. The van der Waals surface area contributed by atoms with Crippen LogP contribution in [-0.2, 0) is 14.3 Å². The lowest BCUT2D eigenvalue weighted by molar-refractivity contribution is -0.124. The second kappa shape index (κ2) is 5.25. The molecule has 1 amide bonds. The van der Waals surface area contributed by atoms with Crippen molar-refractivity contribution < 1.29 is 14.3 Å². The van der Waals surface area contributed by atoms with Gasteiger partial charge in [0.2, 0.25) is 5.91 Å². The van der Waals surface area contributed by atoms with Crippen molar-refractivity contribution in [2.24, 2.45) is 5.92 Å². The van der Waals surface area contributed by atoms with E-state index in [1.165, 1.54) is 0 Å². The summed E-state index contributed by atoms with van der Waals surface area (Å²) in [6.07, 6.45) is 4.14. The lowest BCUT2D eigenvalue weighted by Crippen LogP contribution is -2.33. The first-order valence-corrected chi connectivity index (χ1v) is 6.21. The molecule has 1 heterocycles. The fraction of sp³-hybridized carbons (Fsp3) is 0.538. The number of carbonyl (C=O) groups is 2. The third-order valence-corrected chi connectivity index (χ3v) is 2.90. The highest BCUT2D eigenvalue weighted by atomic mass is 16.5. The molecule has 0 fully saturated rings. The summed E-state index contributed by atoms with van der Waals surface area (Å²) in [5.74, 6) is 0.808. The van der Waals surface area contributed by atoms with Crippen LogP contribution in [0.4, 0.5) is 0 Å². The van der Waals surface area contributed by atoms with Gasteiger partial charge >= 0.3 is 0 Å². The Balaban J connectivity index is 1.74. The molecule has 0 aromatic rings. The van der Waals surface area contributed by atoms with Gasteiger partial charge in [0.25, 0.3) is 0 Å². The van der Waals surface area contributed by atoms with Crippen molar-refractivity contribution >= 4 is 11.7 Å². The van der Waals surface area contributed by atoms with Gasteiger partial charge in [-0.1, -0.05) is 13.8 Å². The van der Waals surface area contributed by atoms with Gasteiger partial charge in [0.15, 0.2) is 12.0 Å². The Bertz CT molecular complexity index is 424. The summed E-state index contributed by atoms with van der Waals surface area (Å²) in [5, 5.41) is 6.02. The van der Waals surface area contributed by atoms with Crippen molar-refractivity contribution in [1.29, 1.82) is 0 Å². The Morgan fingerprint density at radius 3 is 3.06 bits per heavy atom. The van der Waals surface area contributed by atoms with Crippen molar-refractivity contribution in [3.05, 3.63) is 23.6 Å². The standard InChI is InChI=1S/C13H18N2O3/c1-8(2)13(17)14-6-5-12-15-10-4-3-9(16)7-11(10)18-12/h3-4,8,12,15H,5-7H2,1-2H3,(H,14,17). The number of amides is 1. The zero-order valence-corrected chi connectivity index (χ0v) is 10.7. The number of hydrogen-bond donors (Lipinski definition) is 2. The van der Waals surface area contributed by atoms with E-state index in [4.69, 9.17) is 4.74 Å². The molecule has 0 radical (unpaired) electrons. The molecule has 0 spiro atoms. The van der Waals surface area contributed by atoms with Gasteiger partial charge in [0.05, 0.1) is 12.1 Å². The number of allylic oxidation sites excluding steroid dienone is 3. The number of hydrogen-bond acceptors (Lipinski definition) is 4. The Kier molecular flexibility index (Phi) is 3.69. The molecule has 0 saturated heterocycles. The number of rotatable bonds is 4. The van der Waals surface area contributed by atoms with Crippen LogP contribution in [0.25, 0.3) is 0 Å². The summed E-state index contributed by atoms with van der Waals surface area (Å²) in [6, 6.07) is 0. The molecule has 2 aliphatic rings. The van der Waals surface area contributed by atoms with Crippen LogP contribution >= 0.6 is 0 Å². The van der Waals surface area contributed by atoms with E-state index in [-0.39, 0.29) is 23.8 Å². The van der Waals surface area contributed by atoms with Gasteiger partial charge in [-0.25, -0.2) is 0 Å². The fourth-order valence-corrected chi connectivity index (χ4v) is 1.85. The Labute approximate surface area is 106 Å². The first-order valence-electron chi connectivity index (χ1n) is 6.21. The predicted molar refractivity (Wildman–Crippen MR) is 66.3 cm³/mol. The van der Waals surface area contributed by atoms with E-state index in [0.29, 0.717) is 25.1 Å². The molecule has 98 valence electrons. The maximum atomic E-state index is 11.4. The molecule has 0 aromatic heterocycles. The summed E-state index contributed by atoms with van der Waals surface area (Å²) in [6.45, 7) is 4.28. The minimum atomic E-state index is -0.155. The highest BCUT2D eigenvalue weighted by molar-refractivity contribution is 5.93. The van der Waals surface area contributed by atoms with Crippen LogP contribution in [0.5, 0.6) is 0 Å². The molecule has 1 aliphatic heterocycles. The molecule has 18 heavy (non-hydrogen) atoms. The Morgan fingerprint density at radius 1 is 1.56 bits per heavy atom. The van der Waals surface area contributed by atoms with Crippen LogP contribution in [0, 0.1) is 5.92 Å². The molecule has 1 unspecified atom stereocenters. The molecule has 1 aliphatic carbocycles. The minimum absolute atomic E-state index is 0.00524. The predicted octanol–water partition coefficient (Wildman–Crippen LogP) is 0.835. The molecular weight excluding hydrogens is 232 g/mol. The molecule has 5 nitrogen and oxygen atoms in total. The van der Waals surface area contributed by atoms with Crippen molar-refractivity contribution in [3.8, 4) is 0 Å². The molecular formula is C13H18N2O3. The van der Waals surface area contributed by atoms with Gasteiger partial charge in [0, 0.05) is 18.9 Å². The van der Waals surface area contributed by atoms with Crippen molar-refractivity contribution in [2.75, 3.05) is 6.54 Å². The first-order chi connectivity index (χ1) is 8.56. The summed E-state index contributed by atoms with van der Waals surface area (Å²) < 4.78 is 5.62. The molecule has 0 saturated carbocycles. The zero-order valence-electron chi connectivity index (χ0n) is 10.7. The van der Waals surface area contributed by atoms with E-state index in [1.54, 1.807) is 12.2 Å². The summed E-state index contributed by atoms with van der Waals surface area (Å²) in [7, 11) is 0.